The molecule has 0 radical (unpaired) electrons. The Morgan fingerprint density at radius 2 is 2.60 bits per heavy atom. The van der Waals surface area contributed by atoms with Gasteiger partial charge in [-0.25, -0.2) is 4.98 Å². The van der Waals surface area contributed by atoms with Crippen LogP contribution in [0.3, 0.4) is 0 Å². The molecule has 1 aromatic heterocycles. The number of carbonyl (C=O) groups excluding carboxylic acids is 1. The second kappa shape index (κ2) is 2.47. The zero-order valence-corrected chi connectivity index (χ0v) is 5.72. The van der Waals surface area contributed by atoms with Crippen LogP contribution in [0, 0.1) is 6.92 Å². The molecule has 1 heterocycles. The van der Waals surface area contributed by atoms with E-state index in [9.17, 15) is 4.79 Å². The van der Waals surface area contributed by atoms with Gasteiger partial charge in [0.15, 0.2) is 0 Å². The van der Waals surface area contributed by atoms with Crippen LogP contribution in [0.2, 0.25) is 0 Å². The lowest BCUT2D eigenvalue weighted by Crippen LogP contribution is -1.92. The highest BCUT2D eigenvalue weighted by atomic mass is 16.1. The Morgan fingerprint density at radius 1 is 1.90 bits per heavy atom. The number of aromatic nitrogens is 2. The molecular formula is C7H8N2O. The summed E-state index contributed by atoms with van der Waals surface area (Å²) in [4.78, 5) is 17.5. The van der Waals surface area contributed by atoms with Crippen molar-refractivity contribution in [1.82, 2.24) is 9.97 Å². The molecule has 0 spiro atoms. The van der Waals surface area contributed by atoms with Crippen molar-refractivity contribution < 1.29 is 4.79 Å². The molecule has 0 unspecified atom stereocenters. The van der Waals surface area contributed by atoms with E-state index in [0.717, 1.165) is 5.82 Å². The summed E-state index contributed by atoms with van der Waals surface area (Å²) in [6, 6.07) is 0. The Balaban J connectivity index is 2.95. The standard InChI is InChI=1S/C7H8N2O/c1-3-7(10)6-4-8-5(2)9-6/h3-4H,1H2,2H3,(H,8,9). The molecule has 0 atom stereocenters. The topological polar surface area (TPSA) is 45.8 Å². The van der Waals surface area contributed by atoms with Crippen molar-refractivity contribution in [1.29, 1.82) is 0 Å². The van der Waals surface area contributed by atoms with Crippen molar-refractivity contribution >= 4 is 5.78 Å². The monoisotopic (exact) mass is 136 g/mol. The van der Waals surface area contributed by atoms with Crippen LogP contribution in [0.25, 0.3) is 0 Å². The van der Waals surface area contributed by atoms with E-state index in [1.54, 1.807) is 6.92 Å². The molecular weight excluding hydrogens is 128 g/mol. The normalized spacial score (nSPS) is 9.30. The van der Waals surface area contributed by atoms with Gasteiger partial charge in [0.2, 0.25) is 5.78 Å². The molecule has 0 bridgehead atoms. The predicted molar refractivity (Wildman–Crippen MR) is 37.9 cm³/mol. The summed E-state index contributed by atoms with van der Waals surface area (Å²) in [5.74, 6) is 0.616. The van der Waals surface area contributed by atoms with Gasteiger partial charge in [0.1, 0.15) is 11.5 Å². The second-order valence-corrected chi connectivity index (χ2v) is 1.95. The van der Waals surface area contributed by atoms with Gasteiger partial charge < -0.3 is 4.98 Å². The largest absolute Gasteiger partial charge is 0.340 e. The van der Waals surface area contributed by atoms with Gasteiger partial charge in [-0.2, -0.15) is 0 Å². The minimum Gasteiger partial charge on any atom is -0.340 e. The Bertz CT molecular complexity index is 262. The maximum atomic E-state index is 10.8. The smallest absolute Gasteiger partial charge is 0.203 e. The van der Waals surface area contributed by atoms with Crippen LogP contribution >= 0.6 is 0 Å². The van der Waals surface area contributed by atoms with E-state index in [1.807, 2.05) is 0 Å². The van der Waals surface area contributed by atoms with Gasteiger partial charge in [-0.1, -0.05) is 6.58 Å². The minimum absolute atomic E-state index is 0.124. The quantitative estimate of drug-likeness (QED) is 0.488. The van der Waals surface area contributed by atoms with Gasteiger partial charge in [0.25, 0.3) is 0 Å². The van der Waals surface area contributed by atoms with Crippen LogP contribution in [0.4, 0.5) is 0 Å². The first-order chi connectivity index (χ1) is 4.74. The second-order valence-electron chi connectivity index (χ2n) is 1.95. The molecule has 0 amide bonds. The number of aryl methyl sites for hydroxylation is 1. The highest BCUT2D eigenvalue weighted by molar-refractivity contribution is 6.02. The minimum atomic E-state index is -0.124. The molecule has 0 aliphatic rings. The number of hydrogen-bond acceptors (Lipinski definition) is 2. The average Bonchev–Trinajstić information content (AvgIpc) is 2.34. The Hall–Kier alpha value is -1.38. The van der Waals surface area contributed by atoms with E-state index in [4.69, 9.17) is 0 Å². The van der Waals surface area contributed by atoms with Crippen molar-refractivity contribution in [3.63, 3.8) is 0 Å². The SMILES string of the molecule is C=CC(=O)c1cnc(C)[nH]1. The van der Waals surface area contributed by atoms with Crippen molar-refractivity contribution in [2.45, 2.75) is 6.92 Å². The number of H-pyrrole nitrogens is 1. The number of aromatic amines is 1. The van der Waals surface area contributed by atoms with Crippen molar-refractivity contribution in [3.05, 3.63) is 30.4 Å². The molecule has 0 aliphatic carbocycles. The van der Waals surface area contributed by atoms with Gasteiger partial charge in [-0.15, -0.1) is 0 Å². The molecule has 3 nitrogen and oxygen atoms in total. The Kier molecular flexibility index (Phi) is 1.67. The van der Waals surface area contributed by atoms with Crippen LogP contribution in [0.15, 0.2) is 18.9 Å². The zero-order chi connectivity index (χ0) is 7.56. The van der Waals surface area contributed by atoms with Crippen molar-refractivity contribution in [2.75, 3.05) is 0 Å². The number of imidazole rings is 1. The van der Waals surface area contributed by atoms with Crippen LogP contribution in [-0.2, 0) is 0 Å². The number of carbonyl (C=O) groups is 1. The fourth-order valence-corrected chi connectivity index (χ4v) is 0.656. The van der Waals surface area contributed by atoms with Crippen LogP contribution in [-0.4, -0.2) is 15.8 Å². The summed E-state index contributed by atoms with van der Waals surface area (Å²) in [5.41, 5.74) is 0.493. The van der Waals surface area contributed by atoms with E-state index in [2.05, 4.69) is 16.5 Å². The summed E-state index contributed by atoms with van der Waals surface area (Å²) in [6.07, 6.45) is 2.76. The lowest BCUT2D eigenvalue weighted by atomic mass is 10.3. The van der Waals surface area contributed by atoms with Crippen LogP contribution in [0.1, 0.15) is 16.3 Å². The van der Waals surface area contributed by atoms with Crippen molar-refractivity contribution in [2.24, 2.45) is 0 Å². The summed E-state index contributed by atoms with van der Waals surface area (Å²) >= 11 is 0. The fourth-order valence-electron chi connectivity index (χ4n) is 0.656. The molecule has 0 saturated carbocycles. The first kappa shape index (κ1) is 6.74. The molecule has 1 aromatic rings. The van der Waals surface area contributed by atoms with E-state index in [-0.39, 0.29) is 5.78 Å². The summed E-state index contributed by atoms with van der Waals surface area (Å²) in [6.45, 7) is 5.14. The molecule has 3 heteroatoms. The average molecular weight is 136 g/mol. The molecule has 0 aliphatic heterocycles. The summed E-state index contributed by atoms with van der Waals surface area (Å²) < 4.78 is 0. The third-order valence-electron chi connectivity index (χ3n) is 1.15. The van der Waals surface area contributed by atoms with E-state index >= 15 is 0 Å². The summed E-state index contributed by atoms with van der Waals surface area (Å²) in [7, 11) is 0. The molecule has 52 valence electrons. The molecule has 0 aromatic carbocycles. The van der Waals surface area contributed by atoms with Crippen LogP contribution < -0.4 is 0 Å². The van der Waals surface area contributed by atoms with Gasteiger partial charge >= 0.3 is 0 Å². The maximum Gasteiger partial charge on any atom is 0.203 e. The number of allylic oxidation sites excluding steroid dienone is 1. The highest BCUT2D eigenvalue weighted by Crippen LogP contribution is 1.96. The summed E-state index contributed by atoms with van der Waals surface area (Å²) in [5, 5.41) is 0. The zero-order valence-electron chi connectivity index (χ0n) is 5.72. The van der Waals surface area contributed by atoms with Gasteiger partial charge in [0.05, 0.1) is 6.20 Å². The fraction of sp³-hybridized carbons (Fsp3) is 0.143. The third kappa shape index (κ3) is 1.13. The van der Waals surface area contributed by atoms with Gasteiger partial charge in [-0.3, -0.25) is 4.79 Å². The first-order valence-electron chi connectivity index (χ1n) is 2.92. The molecule has 0 saturated heterocycles. The predicted octanol–water partition coefficient (Wildman–Crippen LogP) is 1.09. The maximum absolute atomic E-state index is 10.8. The molecule has 1 rings (SSSR count). The van der Waals surface area contributed by atoms with E-state index < -0.39 is 0 Å². The third-order valence-corrected chi connectivity index (χ3v) is 1.15. The number of hydrogen-bond donors (Lipinski definition) is 1. The molecule has 1 N–H and O–H groups in total. The molecule has 10 heavy (non-hydrogen) atoms. The highest BCUT2D eigenvalue weighted by Gasteiger charge is 2.01. The number of rotatable bonds is 2. The lowest BCUT2D eigenvalue weighted by molar-refractivity contribution is 0.104. The first-order valence-corrected chi connectivity index (χ1v) is 2.92. The van der Waals surface area contributed by atoms with Gasteiger partial charge in [-0.05, 0) is 13.0 Å². The molecule has 0 fully saturated rings. The lowest BCUT2D eigenvalue weighted by Gasteiger charge is -1.84. The van der Waals surface area contributed by atoms with E-state index in [1.165, 1.54) is 12.3 Å². The Labute approximate surface area is 58.8 Å². The number of ketones is 1. The number of nitrogens with one attached hydrogen (secondary N) is 1. The van der Waals surface area contributed by atoms with Crippen LogP contribution in [0.5, 0.6) is 0 Å². The number of nitrogens with zero attached hydrogens (tertiary/aromatic N) is 1. The van der Waals surface area contributed by atoms with Crippen molar-refractivity contribution in [3.8, 4) is 0 Å². The van der Waals surface area contributed by atoms with Gasteiger partial charge in [0, 0.05) is 0 Å². The Morgan fingerprint density at radius 3 is 3.00 bits per heavy atom. The van der Waals surface area contributed by atoms with E-state index in [0.29, 0.717) is 5.69 Å².